The highest BCUT2D eigenvalue weighted by atomic mass is 19.1. The van der Waals surface area contributed by atoms with Crippen molar-refractivity contribution < 1.29 is 4.39 Å². The molecule has 0 atom stereocenters. The zero-order valence-corrected chi connectivity index (χ0v) is 12.0. The minimum absolute atomic E-state index is 0.141. The molecule has 0 aliphatic carbocycles. The Bertz CT molecular complexity index is 589. The first-order chi connectivity index (χ1) is 10.2. The maximum atomic E-state index is 13.8. The van der Waals surface area contributed by atoms with Gasteiger partial charge in [0, 0.05) is 38.9 Å². The van der Waals surface area contributed by atoms with E-state index >= 15 is 0 Å². The molecule has 3 rings (SSSR count). The van der Waals surface area contributed by atoms with Crippen molar-refractivity contribution in [3.05, 3.63) is 42.5 Å². The summed E-state index contributed by atoms with van der Waals surface area (Å²) in [6.07, 6.45) is 3.51. The summed E-state index contributed by atoms with van der Waals surface area (Å²) in [6.45, 7) is 5.34. The number of nitrogens with zero attached hydrogens (tertiary/aromatic N) is 4. The molecule has 21 heavy (non-hydrogen) atoms. The largest absolute Gasteiger partial charge is 0.396 e. The second-order valence-corrected chi connectivity index (χ2v) is 5.32. The molecular formula is C15H20FN5. The molecule has 112 valence electrons. The molecule has 6 heteroatoms. The first-order valence-electron chi connectivity index (χ1n) is 7.22. The summed E-state index contributed by atoms with van der Waals surface area (Å²) in [7, 11) is 0. The highest BCUT2D eigenvalue weighted by Crippen LogP contribution is 2.20. The molecule has 2 aromatic rings. The maximum absolute atomic E-state index is 13.8. The maximum Gasteiger partial charge on any atom is 0.146 e. The van der Waals surface area contributed by atoms with Crippen LogP contribution in [-0.2, 0) is 6.54 Å². The summed E-state index contributed by atoms with van der Waals surface area (Å²) in [5.41, 5.74) is 7.04. The summed E-state index contributed by atoms with van der Waals surface area (Å²) >= 11 is 0. The van der Waals surface area contributed by atoms with E-state index in [0.717, 1.165) is 39.3 Å². The lowest BCUT2D eigenvalue weighted by Gasteiger charge is -2.36. The first-order valence-corrected chi connectivity index (χ1v) is 7.22. The number of hydrogen-bond donors (Lipinski definition) is 1. The van der Waals surface area contributed by atoms with E-state index in [9.17, 15) is 4.39 Å². The summed E-state index contributed by atoms with van der Waals surface area (Å²) in [4.78, 5) is 4.48. The SMILES string of the molecule is Nc1cnn(CCN2CCN(c3ccccc3F)CC2)c1. The number of hydrogen-bond acceptors (Lipinski definition) is 4. The zero-order valence-electron chi connectivity index (χ0n) is 12.0. The van der Waals surface area contributed by atoms with Crippen LogP contribution in [0.3, 0.4) is 0 Å². The Morgan fingerprint density at radius 2 is 1.86 bits per heavy atom. The van der Waals surface area contributed by atoms with Crippen LogP contribution in [0.25, 0.3) is 0 Å². The third kappa shape index (κ3) is 3.33. The number of nitrogens with two attached hydrogens (primary N) is 1. The topological polar surface area (TPSA) is 50.3 Å². The van der Waals surface area contributed by atoms with Crippen molar-refractivity contribution in [2.75, 3.05) is 43.4 Å². The van der Waals surface area contributed by atoms with Crippen molar-refractivity contribution in [1.29, 1.82) is 0 Å². The Balaban J connectivity index is 1.50. The minimum Gasteiger partial charge on any atom is -0.396 e. The van der Waals surface area contributed by atoms with Gasteiger partial charge in [0.05, 0.1) is 24.1 Å². The van der Waals surface area contributed by atoms with Gasteiger partial charge in [0.2, 0.25) is 0 Å². The lowest BCUT2D eigenvalue weighted by atomic mass is 10.2. The van der Waals surface area contributed by atoms with E-state index in [1.165, 1.54) is 6.07 Å². The Morgan fingerprint density at radius 3 is 2.52 bits per heavy atom. The fourth-order valence-electron chi connectivity index (χ4n) is 2.67. The van der Waals surface area contributed by atoms with Gasteiger partial charge in [-0.05, 0) is 12.1 Å². The van der Waals surface area contributed by atoms with Crippen molar-refractivity contribution in [1.82, 2.24) is 14.7 Å². The second kappa shape index (κ2) is 6.13. The first kappa shape index (κ1) is 13.9. The van der Waals surface area contributed by atoms with Crippen LogP contribution in [0.5, 0.6) is 0 Å². The Hall–Kier alpha value is -2.08. The van der Waals surface area contributed by atoms with Gasteiger partial charge in [-0.2, -0.15) is 5.10 Å². The van der Waals surface area contributed by atoms with Crippen LogP contribution in [0.1, 0.15) is 0 Å². The average molecular weight is 289 g/mol. The predicted molar refractivity (Wildman–Crippen MR) is 81.7 cm³/mol. The van der Waals surface area contributed by atoms with Crippen molar-refractivity contribution in [2.45, 2.75) is 6.54 Å². The standard InChI is InChI=1S/C15H20FN5/c16-14-3-1-2-4-15(14)20-8-5-19(6-9-20)7-10-21-12-13(17)11-18-21/h1-4,11-12H,5-10,17H2. The fraction of sp³-hybridized carbons (Fsp3) is 0.400. The number of anilines is 2. The van der Waals surface area contributed by atoms with Crippen molar-refractivity contribution in [3.63, 3.8) is 0 Å². The number of para-hydroxylation sites is 1. The van der Waals surface area contributed by atoms with Gasteiger partial charge in [0.25, 0.3) is 0 Å². The summed E-state index contributed by atoms with van der Waals surface area (Å²) < 4.78 is 15.6. The van der Waals surface area contributed by atoms with Gasteiger partial charge in [-0.15, -0.1) is 0 Å². The molecule has 0 spiro atoms. The van der Waals surface area contributed by atoms with Crippen LogP contribution >= 0.6 is 0 Å². The van der Waals surface area contributed by atoms with E-state index in [2.05, 4.69) is 14.9 Å². The minimum atomic E-state index is -0.141. The molecule has 1 aromatic heterocycles. The molecule has 1 saturated heterocycles. The normalized spacial score (nSPS) is 16.3. The molecule has 1 aromatic carbocycles. The van der Waals surface area contributed by atoms with Gasteiger partial charge in [-0.1, -0.05) is 12.1 Å². The van der Waals surface area contributed by atoms with E-state index in [-0.39, 0.29) is 5.82 Å². The average Bonchev–Trinajstić information content (AvgIpc) is 2.92. The number of benzene rings is 1. The van der Waals surface area contributed by atoms with Gasteiger partial charge >= 0.3 is 0 Å². The zero-order chi connectivity index (χ0) is 14.7. The van der Waals surface area contributed by atoms with Gasteiger partial charge in [0.15, 0.2) is 0 Å². The van der Waals surface area contributed by atoms with E-state index in [4.69, 9.17) is 5.73 Å². The van der Waals surface area contributed by atoms with E-state index in [0.29, 0.717) is 11.4 Å². The smallest absolute Gasteiger partial charge is 0.146 e. The molecule has 0 amide bonds. The molecular weight excluding hydrogens is 269 g/mol. The molecule has 5 nitrogen and oxygen atoms in total. The molecule has 1 aliphatic heterocycles. The van der Waals surface area contributed by atoms with Crippen LogP contribution in [0, 0.1) is 5.82 Å². The number of nitrogen functional groups attached to an aromatic ring is 1. The van der Waals surface area contributed by atoms with Crippen LogP contribution < -0.4 is 10.6 Å². The van der Waals surface area contributed by atoms with Gasteiger partial charge in [-0.3, -0.25) is 9.58 Å². The van der Waals surface area contributed by atoms with Gasteiger partial charge < -0.3 is 10.6 Å². The second-order valence-electron chi connectivity index (χ2n) is 5.32. The summed E-state index contributed by atoms with van der Waals surface area (Å²) in [5.74, 6) is -0.141. The fourth-order valence-corrected chi connectivity index (χ4v) is 2.67. The molecule has 2 heterocycles. The van der Waals surface area contributed by atoms with Crippen LogP contribution in [0.4, 0.5) is 15.8 Å². The molecule has 1 fully saturated rings. The highest BCUT2D eigenvalue weighted by Gasteiger charge is 2.18. The van der Waals surface area contributed by atoms with E-state index < -0.39 is 0 Å². The van der Waals surface area contributed by atoms with Crippen molar-refractivity contribution >= 4 is 11.4 Å². The lowest BCUT2D eigenvalue weighted by Crippen LogP contribution is -2.47. The summed E-state index contributed by atoms with van der Waals surface area (Å²) in [6, 6.07) is 6.97. The Morgan fingerprint density at radius 1 is 1.10 bits per heavy atom. The third-order valence-electron chi connectivity index (χ3n) is 3.86. The van der Waals surface area contributed by atoms with E-state index in [1.807, 2.05) is 23.0 Å². The summed E-state index contributed by atoms with van der Waals surface area (Å²) in [5, 5.41) is 4.18. The Labute approximate surface area is 123 Å². The molecule has 2 N–H and O–H groups in total. The predicted octanol–water partition coefficient (Wildman–Crippen LogP) is 1.43. The Kier molecular flexibility index (Phi) is 4.06. The third-order valence-corrected chi connectivity index (χ3v) is 3.86. The van der Waals surface area contributed by atoms with Crippen molar-refractivity contribution in [2.24, 2.45) is 0 Å². The van der Waals surface area contributed by atoms with Gasteiger partial charge in [0.1, 0.15) is 5.82 Å². The van der Waals surface area contributed by atoms with Crippen molar-refractivity contribution in [3.8, 4) is 0 Å². The quantitative estimate of drug-likeness (QED) is 0.925. The van der Waals surface area contributed by atoms with E-state index in [1.54, 1.807) is 12.3 Å². The lowest BCUT2D eigenvalue weighted by molar-refractivity contribution is 0.244. The number of aromatic nitrogens is 2. The number of rotatable bonds is 4. The number of piperazine rings is 1. The molecule has 1 aliphatic rings. The molecule has 0 radical (unpaired) electrons. The van der Waals surface area contributed by atoms with Crippen LogP contribution in [0.15, 0.2) is 36.7 Å². The highest BCUT2D eigenvalue weighted by molar-refractivity contribution is 5.47. The van der Waals surface area contributed by atoms with Crippen LogP contribution in [-0.4, -0.2) is 47.4 Å². The van der Waals surface area contributed by atoms with Crippen LogP contribution in [0.2, 0.25) is 0 Å². The molecule has 0 bridgehead atoms. The molecule has 0 saturated carbocycles. The monoisotopic (exact) mass is 289 g/mol. The molecule has 0 unspecified atom stereocenters. The number of halogens is 1. The van der Waals surface area contributed by atoms with Gasteiger partial charge in [-0.25, -0.2) is 4.39 Å².